The number of imide groups is 2. The van der Waals surface area contributed by atoms with Crippen molar-refractivity contribution in [2.75, 3.05) is 26.2 Å². The molecule has 1 heterocycles. The monoisotopic (exact) mass is 396 g/mol. The highest BCUT2D eigenvalue weighted by Gasteiger charge is 2.37. The number of urea groups is 1. The van der Waals surface area contributed by atoms with Crippen LogP contribution in [0.3, 0.4) is 0 Å². The number of hydrogen-bond acceptors (Lipinski definition) is 6. The van der Waals surface area contributed by atoms with Crippen molar-refractivity contribution in [1.82, 2.24) is 5.32 Å². The van der Waals surface area contributed by atoms with Gasteiger partial charge in [0.25, 0.3) is 11.8 Å². The number of aryl methyl sites for hydroxylation is 1. The highest BCUT2D eigenvalue weighted by molar-refractivity contribution is 6.39. The summed E-state index contributed by atoms with van der Waals surface area (Å²) in [5, 5.41) is 2.20. The molecule has 3 rings (SSSR count). The summed E-state index contributed by atoms with van der Waals surface area (Å²) in [4.78, 5) is 38.5. The van der Waals surface area contributed by atoms with Crippen LogP contribution < -0.4 is 24.4 Å². The van der Waals surface area contributed by atoms with Crippen LogP contribution in [-0.2, 0) is 9.59 Å². The standard InChI is InChI=1S/C21H20N2O6/c1-12-9-17(28-3)18(29-4)11-13(12)10-16-19(24)22-21(26)23(20(16)25)14-5-7-15(27-2)8-6-14/h5-11H,1-4H3,(H,22,24,26)/b16-10+. The second kappa shape index (κ2) is 8.05. The van der Waals surface area contributed by atoms with E-state index in [-0.39, 0.29) is 5.57 Å². The number of hydrogen-bond donors (Lipinski definition) is 1. The first kappa shape index (κ1) is 19.9. The Labute approximate surface area is 167 Å². The number of nitrogens with zero attached hydrogens (tertiary/aromatic N) is 1. The number of carbonyl (C=O) groups excluding carboxylic acids is 3. The van der Waals surface area contributed by atoms with Gasteiger partial charge in [0.2, 0.25) is 0 Å². The number of methoxy groups -OCH3 is 3. The fourth-order valence-electron chi connectivity index (χ4n) is 2.93. The molecule has 0 spiro atoms. The van der Waals surface area contributed by atoms with Gasteiger partial charge in [0, 0.05) is 0 Å². The average molecular weight is 396 g/mol. The topological polar surface area (TPSA) is 94.2 Å². The number of nitrogens with one attached hydrogen (secondary N) is 1. The Hall–Kier alpha value is -3.81. The zero-order valence-corrected chi connectivity index (χ0v) is 16.4. The Morgan fingerprint density at radius 2 is 1.52 bits per heavy atom. The van der Waals surface area contributed by atoms with Crippen LogP contribution in [0.25, 0.3) is 6.08 Å². The van der Waals surface area contributed by atoms with Gasteiger partial charge in [0.05, 0.1) is 27.0 Å². The van der Waals surface area contributed by atoms with Crippen molar-refractivity contribution < 1.29 is 28.6 Å². The molecule has 2 aromatic carbocycles. The molecule has 29 heavy (non-hydrogen) atoms. The zero-order chi connectivity index (χ0) is 21.1. The normalized spacial score (nSPS) is 15.4. The van der Waals surface area contributed by atoms with E-state index < -0.39 is 17.8 Å². The Morgan fingerprint density at radius 3 is 2.10 bits per heavy atom. The number of barbiturate groups is 1. The summed E-state index contributed by atoms with van der Waals surface area (Å²) in [5.41, 5.74) is 1.50. The van der Waals surface area contributed by atoms with Crippen molar-refractivity contribution in [3.05, 3.63) is 53.1 Å². The van der Waals surface area contributed by atoms with Crippen molar-refractivity contribution >= 4 is 29.6 Å². The Morgan fingerprint density at radius 1 is 0.897 bits per heavy atom. The molecule has 150 valence electrons. The minimum absolute atomic E-state index is 0.171. The third kappa shape index (κ3) is 3.77. The molecule has 0 aromatic heterocycles. The maximum atomic E-state index is 13.0. The molecular weight excluding hydrogens is 376 g/mol. The smallest absolute Gasteiger partial charge is 0.335 e. The second-order valence-corrected chi connectivity index (χ2v) is 6.22. The van der Waals surface area contributed by atoms with E-state index in [4.69, 9.17) is 14.2 Å². The summed E-state index contributed by atoms with van der Waals surface area (Å²) < 4.78 is 15.6. The number of anilines is 1. The predicted molar refractivity (Wildman–Crippen MR) is 106 cm³/mol. The maximum Gasteiger partial charge on any atom is 0.335 e. The summed E-state index contributed by atoms with van der Waals surface area (Å²) in [6, 6.07) is 8.95. The third-order valence-corrected chi connectivity index (χ3v) is 4.50. The lowest BCUT2D eigenvalue weighted by Gasteiger charge is -2.26. The van der Waals surface area contributed by atoms with Gasteiger partial charge >= 0.3 is 6.03 Å². The molecule has 0 radical (unpaired) electrons. The molecule has 1 saturated heterocycles. The molecule has 1 N–H and O–H groups in total. The summed E-state index contributed by atoms with van der Waals surface area (Å²) in [6.07, 6.45) is 1.43. The second-order valence-electron chi connectivity index (χ2n) is 6.22. The van der Waals surface area contributed by atoms with Crippen molar-refractivity contribution in [3.8, 4) is 17.2 Å². The van der Waals surface area contributed by atoms with Gasteiger partial charge in [-0.3, -0.25) is 14.9 Å². The molecule has 0 atom stereocenters. The molecular formula is C21H20N2O6. The zero-order valence-electron chi connectivity index (χ0n) is 16.4. The molecule has 1 aliphatic rings. The van der Waals surface area contributed by atoms with Crippen molar-refractivity contribution in [1.29, 1.82) is 0 Å². The molecule has 4 amide bonds. The van der Waals surface area contributed by atoms with E-state index in [2.05, 4.69) is 5.32 Å². The lowest BCUT2D eigenvalue weighted by atomic mass is 10.0. The molecule has 8 nitrogen and oxygen atoms in total. The van der Waals surface area contributed by atoms with E-state index in [0.29, 0.717) is 28.5 Å². The van der Waals surface area contributed by atoms with E-state index in [0.717, 1.165) is 10.5 Å². The lowest BCUT2D eigenvalue weighted by Crippen LogP contribution is -2.54. The summed E-state index contributed by atoms with van der Waals surface area (Å²) in [5.74, 6) is 0.0711. The summed E-state index contributed by atoms with van der Waals surface area (Å²) in [6.45, 7) is 1.81. The largest absolute Gasteiger partial charge is 0.497 e. The summed E-state index contributed by atoms with van der Waals surface area (Å²) >= 11 is 0. The van der Waals surface area contributed by atoms with Gasteiger partial charge < -0.3 is 14.2 Å². The molecule has 0 aliphatic carbocycles. The van der Waals surface area contributed by atoms with E-state index >= 15 is 0 Å². The first-order chi connectivity index (χ1) is 13.9. The Kier molecular flexibility index (Phi) is 5.54. The number of rotatable bonds is 5. The average Bonchev–Trinajstić information content (AvgIpc) is 2.72. The highest BCUT2D eigenvalue weighted by atomic mass is 16.5. The molecule has 1 fully saturated rings. The predicted octanol–water partition coefficient (Wildman–Crippen LogP) is 2.69. The highest BCUT2D eigenvalue weighted by Crippen LogP contribution is 2.32. The molecule has 8 heteroatoms. The first-order valence-electron chi connectivity index (χ1n) is 8.67. The fraction of sp³-hybridized carbons (Fsp3) is 0.190. The molecule has 2 aromatic rings. The number of amides is 4. The number of carbonyl (C=O) groups is 3. The molecule has 1 aliphatic heterocycles. The van der Waals surface area contributed by atoms with Gasteiger partial charge in [0.1, 0.15) is 11.3 Å². The minimum Gasteiger partial charge on any atom is -0.497 e. The van der Waals surface area contributed by atoms with Crippen LogP contribution >= 0.6 is 0 Å². The number of benzene rings is 2. The van der Waals surface area contributed by atoms with E-state index in [1.54, 1.807) is 36.4 Å². The SMILES string of the molecule is COc1ccc(N2C(=O)NC(=O)/C(=C\c3cc(OC)c(OC)cc3C)C2=O)cc1. The van der Waals surface area contributed by atoms with Gasteiger partial charge in [-0.15, -0.1) is 0 Å². The van der Waals surface area contributed by atoms with Crippen LogP contribution in [0.1, 0.15) is 11.1 Å². The molecule has 0 saturated carbocycles. The Balaban J connectivity index is 2.03. The lowest BCUT2D eigenvalue weighted by molar-refractivity contribution is -0.122. The van der Waals surface area contributed by atoms with Gasteiger partial charge in [-0.1, -0.05) is 0 Å². The van der Waals surface area contributed by atoms with Crippen molar-refractivity contribution in [2.24, 2.45) is 0 Å². The van der Waals surface area contributed by atoms with Crippen LogP contribution in [0, 0.1) is 6.92 Å². The summed E-state index contributed by atoms with van der Waals surface area (Å²) in [7, 11) is 4.53. The first-order valence-corrected chi connectivity index (χ1v) is 8.67. The third-order valence-electron chi connectivity index (χ3n) is 4.50. The van der Waals surface area contributed by atoms with Gasteiger partial charge in [-0.25, -0.2) is 9.69 Å². The van der Waals surface area contributed by atoms with Crippen LogP contribution in [0.4, 0.5) is 10.5 Å². The van der Waals surface area contributed by atoms with Gasteiger partial charge in [0.15, 0.2) is 11.5 Å². The van der Waals surface area contributed by atoms with Crippen LogP contribution in [0.15, 0.2) is 42.0 Å². The number of ether oxygens (including phenoxy) is 3. The van der Waals surface area contributed by atoms with E-state index in [1.165, 1.54) is 27.4 Å². The van der Waals surface area contributed by atoms with Gasteiger partial charge in [-0.05, 0) is 60.5 Å². The van der Waals surface area contributed by atoms with E-state index in [1.807, 2.05) is 6.92 Å². The van der Waals surface area contributed by atoms with Crippen molar-refractivity contribution in [3.63, 3.8) is 0 Å². The van der Waals surface area contributed by atoms with E-state index in [9.17, 15) is 14.4 Å². The van der Waals surface area contributed by atoms with Crippen LogP contribution in [0.2, 0.25) is 0 Å². The quantitative estimate of drug-likeness (QED) is 0.617. The Bertz CT molecular complexity index is 1010. The maximum absolute atomic E-state index is 13.0. The van der Waals surface area contributed by atoms with Crippen molar-refractivity contribution in [2.45, 2.75) is 6.92 Å². The van der Waals surface area contributed by atoms with Crippen LogP contribution in [0.5, 0.6) is 17.2 Å². The van der Waals surface area contributed by atoms with Gasteiger partial charge in [-0.2, -0.15) is 0 Å². The fourth-order valence-corrected chi connectivity index (χ4v) is 2.93. The molecule has 0 bridgehead atoms. The van der Waals surface area contributed by atoms with Crippen LogP contribution in [-0.4, -0.2) is 39.2 Å². The minimum atomic E-state index is -0.814. The molecule has 0 unspecified atom stereocenters.